The van der Waals surface area contributed by atoms with Crippen molar-refractivity contribution in [3.8, 4) is 17.1 Å². The Balaban J connectivity index is 2.26. The Bertz CT molecular complexity index is 762. The topological polar surface area (TPSA) is 50.7 Å². The van der Waals surface area contributed by atoms with Crippen LogP contribution in [0.5, 0.6) is 0 Å². The van der Waals surface area contributed by atoms with Crippen molar-refractivity contribution in [2.45, 2.75) is 0 Å². The number of para-hydroxylation sites is 1. The molecule has 0 radical (unpaired) electrons. The number of rotatable bonds is 2. The second kappa shape index (κ2) is 4.74. The molecule has 2 aromatic carbocycles. The second-order valence-corrected chi connectivity index (χ2v) is 4.41. The van der Waals surface area contributed by atoms with Crippen LogP contribution < -0.4 is 5.69 Å². The minimum absolute atomic E-state index is 0.313. The van der Waals surface area contributed by atoms with Gasteiger partial charge in [0.25, 0.3) is 0 Å². The lowest BCUT2D eigenvalue weighted by Crippen LogP contribution is -2.16. The van der Waals surface area contributed by atoms with E-state index in [0.29, 0.717) is 16.5 Å². The van der Waals surface area contributed by atoms with Crippen LogP contribution in [-0.4, -0.2) is 14.8 Å². The van der Waals surface area contributed by atoms with Gasteiger partial charge in [0.15, 0.2) is 5.82 Å². The molecule has 0 spiro atoms. The van der Waals surface area contributed by atoms with Crippen molar-refractivity contribution in [2.24, 2.45) is 0 Å². The van der Waals surface area contributed by atoms with Gasteiger partial charge in [-0.1, -0.05) is 54.1 Å². The smallest absolute Gasteiger partial charge is 0.246 e. The molecule has 5 heteroatoms. The predicted octanol–water partition coefficient (Wildman–Crippen LogP) is 2.88. The highest BCUT2D eigenvalue weighted by Crippen LogP contribution is 2.23. The average Bonchev–Trinajstić information content (AvgIpc) is 2.82. The number of aromatic nitrogens is 3. The highest BCUT2D eigenvalue weighted by molar-refractivity contribution is 6.32. The van der Waals surface area contributed by atoms with Gasteiger partial charge in [-0.2, -0.15) is 5.10 Å². The fourth-order valence-electron chi connectivity index (χ4n) is 1.93. The summed E-state index contributed by atoms with van der Waals surface area (Å²) in [4.78, 5) is 12.0. The summed E-state index contributed by atoms with van der Waals surface area (Å²) >= 11 is 6.15. The molecule has 4 nitrogen and oxygen atoms in total. The summed E-state index contributed by atoms with van der Waals surface area (Å²) in [5, 5.41) is 7.03. The van der Waals surface area contributed by atoms with Crippen LogP contribution in [0.3, 0.4) is 0 Å². The molecule has 94 valence electrons. The molecule has 0 saturated heterocycles. The van der Waals surface area contributed by atoms with Gasteiger partial charge in [0.1, 0.15) is 0 Å². The van der Waals surface area contributed by atoms with Crippen molar-refractivity contribution in [1.29, 1.82) is 0 Å². The average molecular weight is 272 g/mol. The zero-order valence-electron chi connectivity index (χ0n) is 9.88. The first-order chi connectivity index (χ1) is 9.27. The van der Waals surface area contributed by atoms with Gasteiger partial charge in [0.05, 0.1) is 10.7 Å². The van der Waals surface area contributed by atoms with Crippen LogP contribution in [0.25, 0.3) is 17.1 Å². The van der Waals surface area contributed by atoms with Gasteiger partial charge in [0.2, 0.25) is 0 Å². The Morgan fingerprint density at radius 1 is 1.00 bits per heavy atom. The summed E-state index contributed by atoms with van der Waals surface area (Å²) in [7, 11) is 0. The molecule has 0 fully saturated rings. The highest BCUT2D eigenvalue weighted by Gasteiger charge is 2.13. The van der Waals surface area contributed by atoms with Crippen LogP contribution in [0.2, 0.25) is 5.02 Å². The molecule has 0 aliphatic carbocycles. The molecule has 3 rings (SSSR count). The summed E-state index contributed by atoms with van der Waals surface area (Å²) < 4.78 is 1.47. The Morgan fingerprint density at radius 2 is 1.68 bits per heavy atom. The van der Waals surface area contributed by atoms with Crippen molar-refractivity contribution in [1.82, 2.24) is 14.8 Å². The molecular formula is C14H10ClN3O. The number of hydrogen-bond acceptors (Lipinski definition) is 2. The van der Waals surface area contributed by atoms with Gasteiger partial charge in [-0.05, 0) is 12.1 Å². The van der Waals surface area contributed by atoms with Crippen molar-refractivity contribution >= 4 is 11.6 Å². The van der Waals surface area contributed by atoms with Crippen molar-refractivity contribution in [2.75, 3.05) is 0 Å². The highest BCUT2D eigenvalue weighted by atomic mass is 35.5. The molecule has 0 amide bonds. The minimum Gasteiger partial charge on any atom is -0.246 e. The first-order valence-corrected chi connectivity index (χ1v) is 6.13. The molecule has 0 saturated carbocycles. The van der Waals surface area contributed by atoms with Crippen LogP contribution in [0, 0.1) is 0 Å². The van der Waals surface area contributed by atoms with Crippen LogP contribution in [0.1, 0.15) is 0 Å². The second-order valence-electron chi connectivity index (χ2n) is 4.01. The third kappa shape index (κ3) is 2.06. The molecule has 19 heavy (non-hydrogen) atoms. The molecule has 0 unspecified atom stereocenters. The van der Waals surface area contributed by atoms with E-state index < -0.39 is 0 Å². The predicted molar refractivity (Wildman–Crippen MR) is 74.6 cm³/mol. The minimum atomic E-state index is -0.313. The Kier molecular flexibility index (Phi) is 2.93. The van der Waals surface area contributed by atoms with E-state index in [1.54, 1.807) is 12.1 Å². The molecule has 0 atom stereocenters. The lowest BCUT2D eigenvalue weighted by Gasteiger charge is -2.07. The SMILES string of the molecule is O=c1[nH]nc(-c2ccccc2)n1-c1ccccc1Cl. The fraction of sp³-hybridized carbons (Fsp3) is 0. The number of benzene rings is 2. The summed E-state index contributed by atoms with van der Waals surface area (Å²) in [5.41, 5.74) is 1.15. The van der Waals surface area contributed by atoms with Crippen molar-refractivity contribution in [3.63, 3.8) is 0 Å². The summed E-state index contributed by atoms with van der Waals surface area (Å²) in [5.74, 6) is 0.540. The molecule has 0 aliphatic rings. The van der Waals surface area contributed by atoms with E-state index in [1.165, 1.54) is 4.57 Å². The largest absolute Gasteiger partial charge is 0.348 e. The molecule has 1 heterocycles. The quantitative estimate of drug-likeness (QED) is 0.779. The third-order valence-corrected chi connectivity index (χ3v) is 3.12. The first kappa shape index (κ1) is 11.7. The number of nitrogens with zero attached hydrogens (tertiary/aromatic N) is 2. The Labute approximate surface area is 114 Å². The van der Waals surface area contributed by atoms with Crippen LogP contribution in [0.4, 0.5) is 0 Å². The molecule has 0 bridgehead atoms. The molecule has 0 aliphatic heterocycles. The lowest BCUT2D eigenvalue weighted by atomic mass is 10.2. The van der Waals surface area contributed by atoms with Crippen LogP contribution >= 0.6 is 11.6 Å². The van der Waals surface area contributed by atoms with Crippen LogP contribution in [0.15, 0.2) is 59.4 Å². The maximum Gasteiger partial charge on any atom is 0.348 e. The third-order valence-electron chi connectivity index (χ3n) is 2.80. The molecule has 1 aromatic heterocycles. The lowest BCUT2D eigenvalue weighted by molar-refractivity contribution is 0.986. The van der Waals surface area contributed by atoms with E-state index in [9.17, 15) is 4.79 Å². The standard InChI is InChI=1S/C14H10ClN3O/c15-11-8-4-5-9-12(11)18-13(16-17-14(18)19)10-6-2-1-3-7-10/h1-9H,(H,17,19). The normalized spacial score (nSPS) is 10.6. The molecule has 3 aromatic rings. The van der Waals surface area contributed by atoms with Gasteiger partial charge in [0, 0.05) is 5.56 Å². The van der Waals surface area contributed by atoms with Crippen molar-refractivity contribution < 1.29 is 0 Å². The number of aromatic amines is 1. The van der Waals surface area contributed by atoms with Gasteiger partial charge >= 0.3 is 5.69 Å². The van der Waals surface area contributed by atoms with E-state index in [2.05, 4.69) is 10.2 Å². The van der Waals surface area contributed by atoms with Gasteiger partial charge in [-0.15, -0.1) is 0 Å². The maximum absolute atomic E-state index is 12.0. The van der Waals surface area contributed by atoms with E-state index in [0.717, 1.165) is 5.56 Å². The number of H-pyrrole nitrogens is 1. The Morgan fingerprint density at radius 3 is 2.42 bits per heavy atom. The van der Waals surface area contributed by atoms with Gasteiger partial charge < -0.3 is 0 Å². The molecular weight excluding hydrogens is 262 g/mol. The first-order valence-electron chi connectivity index (χ1n) is 5.75. The monoisotopic (exact) mass is 271 g/mol. The number of hydrogen-bond donors (Lipinski definition) is 1. The Hall–Kier alpha value is -2.33. The van der Waals surface area contributed by atoms with Crippen molar-refractivity contribution in [3.05, 3.63) is 70.1 Å². The zero-order valence-corrected chi connectivity index (χ0v) is 10.6. The number of halogens is 1. The van der Waals surface area contributed by atoms with E-state index in [4.69, 9.17) is 11.6 Å². The fourth-order valence-corrected chi connectivity index (χ4v) is 2.15. The van der Waals surface area contributed by atoms with Gasteiger partial charge in [-0.25, -0.2) is 14.5 Å². The van der Waals surface area contributed by atoms with E-state index in [1.807, 2.05) is 42.5 Å². The maximum atomic E-state index is 12.0. The number of nitrogens with one attached hydrogen (secondary N) is 1. The molecule has 1 N–H and O–H groups in total. The summed E-state index contributed by atoms with van der Waals surface area (Å²) in [6.45, 7) is 0. The van der Waals surface area contributed by atoms with Gasteiger partial charge in [-0.3, -0.25) is 0 Å². The van der Waals surface area contributed by atoms with Crippen LogP contribution in [-0.2, 0) is 0 Å². The summed E-state index contributed by atoms with van der Waals surface area (Å²) in [6.07, 6.45) is 0. The summed E-state index contributed by atoms with van der Waals surface area (Å²) in [6, 6.07) is 16.7. The van der Waals surface area contributed by atoms with E-state index in [-0.39, 0.29) is 5.69 Å². The van der Waals surface area contributed by atoms with E-state index >= 15 is 0 Å². The zero-order chi connectivity index (χ0) is 13.2.